The number of aromatic nitrogens is 4. The summed E-state index contributed by atoms with van der Waals surface area (Å²) in [7, 11) is -0.0575. The first kappa shape index (κ1) is 55.3. The van der Waals surface area contributed by atoms with E-state index in [1.54, 1.807) is 28.1 Å². The summed E-state index contributed by atoms with van der Waals surface area (Å²) in [5.74, 6) is 1.32. The second-order valence-electron chi connectivity index (χ2n) is 20.9. The van der Waals surface area contributed by atoms with Gasteiger partial charge >= 0.3 is 448 Å². The van der Waals surface area contributed by atoms with E-state index in [0.29, 0.717) is 22.6 Å². The Hall–Kier alpha value is -6.05. The predicted octanol–water partition coefficient (Wildman–Crippen LogP) is 6.90. The number of aryl methyl sites for hydroxylation is 2. The molecule has 3 aliphatic rings. The molecule has 5 heterocycles. The number of nitrogens with zero attached hydrogens (tertiary/aromatic N) is 2. The van der Waals surface area contributed by atoms with Gasteiger partial charge in [-0.2, -0.15) is 0 Å². The van der Waals surface area contributed by atoms with E-state index in [9.17, 15) is 19.2 Å². The zero-order chi connectivity index (χ0) is 55.0. The van der Waals surface area contributed by atoms with Crippen LogP contribution in [0.5, 0.6) is 11.5 Å². The fourth-order valence-electron chi connectivity index (χ4n) is 11.0. The molecular formula is C58H63N4O13PSeSi. The Morgan fingerprint density at radius 1 is 0.654 bits per heavy atom. The van der Waals surface area contributed by atoms with Crippen molar-refractivity contribution >= 4 is 40.0 Å². The SMILES string of the molecule is COc1ccc(C(OC[C@H]2O[C@@H](n3cc(C)c(=O)[nH]c3=O)C[C@@H]2OP2(=[Se])OCC3(CO2)O[C@H](n2cc(C)c(=O)[nH]c2=O)C[C@H]3O[Si](c2ccccc2)(c2ccccc2)C(C)(C)C)(c2ccccc2)c2ccc(OC)cc2)cc1. The molecule has 0 bridgehead atoms. The molecule has 0 amide bonds. The first-order valence-electron chi connectivity index (χ1n) is 25.7. The molecule has 408 valence electrons. The van der Waals surface area contributed by atoms with Gasteiger partial charge in [0.15, 0.2) is 0 Å². The van der Waals surface area contributed by atoms with E-state index in [1.807, 2.05) is 115 Å². The summed E-state index contributed by atoms with van der Waals surface area (Å²) >= 11 is 3.13. The fraction of sp³-hybridized carbons (Fsp3) is 0.345. The summed E-state index contributed by atoms with van der Waals surface area (Å²) in [6.07, 6.45) is -4.35. The Balaban J connectivity index is 1.01. The third-order valence-electron chi connectivity index (χ3n) is 15.0. The van der Waals surface area contributed by atoms with Gasteiger partial charge in [0, 0.05) is 0 Å². The number of H-pyrrole nitrogens is 2. The van der Waals surface area contributed by atoms with Crippen LogP contribution < -0.4 is 42.3 Å². The second kappa shape index (κ2) is 22.2. The second-order valence-corrected chi connectivity index (χ2v) is 29.6. The summed E-state index contributed by atoms with van der Waals surface area (Å²) in [4.78, 5) is 57.3. The van der Waals surface area contributed by atoms with Crippen LogP contribution in [-0.4, -0.2) is 100 Å². The molecule has 17 nitrogen and oxygen atoms in total. The number of nitrogens with one attached hydrogen (secondary N) is 2. The van der Waals surface area contributed by atoms with Gasteiger partial charge in [0.1, 0.15) is 0 Å². The summed E-state index contributed by atoms with van der Waals surface area (Å²) in [5, 5.41) is 1.65. The van der Waals surface area contributed by atoms with E-state index in [2.05, 4.69) is 70.1 Å². The van der Waals surface area contributed by atoms with Crippen LogP contribution in [0.4, 0.5) is 0 Å². The molecule has 2 aromatic heterocycles. The van der Waals surface area contributed by atoms with Gasteiger partial charge in [-0.15, -0.1) is 0 Å². The van der Waals surface area contributed by atoms with Crippen molar-refractivity contribution in [3.8, 4) is 11.5 Å². The predicted molar refractivity (Wildman–Crippen MR) is 298 cm³/mol. The van der Waals surface area contributed by atoms with E-state index >= 15 is 0 Å². The van der Waals surface area contributed by atoms with Gasteiger partial charge in [0.25, 0.3) is 0 Å². The topological polar surface area (TPSA) is 193 Å². The maximum absolute atomic E-state index is 13.6. The Morgan fingerprint density at radius 2 is 1.12 bits per heavy atom. The van der Waals surface area contributed by atoms with Crippen LogP contribution in [0, 0.1) is 13.8 Å². The third kappa shape index (κ3) is 10.5. The normalized spacial score (nSPS) is 23.6. The molecule has 0 aliphatic carbocycles. The zero-order valence-corrected chi connectivity index (χ0v) is 48.0. The standard InChI is InChI=1S/C58H63N4O13PSeSi/c1-38-33-61(54(65)59-52(38)63)50-31-47(48(72-50)35-69-58(40-17-11-8-12-18-40,41-23-27-43(67-6)28-24-41)42-25-29-44(68-7)30-26-42)74-76(77)70-36-57(37-71-76)49(32-51(73-57)62-34-39(2)53(64)60-55(62)66)75-78(56(3,4)5,45-19-13-9-14-20-45)46-21-15-10-16-22-46/h8-30,33-34,47-51H,31-32,35-37H2,1-7H3,(H,59,63,65)(H,60,64,66)/t47-,48+,49+,50+,51-,57?,76?/m0/s1. The molecule has 0 radical (unpaired) electrons. The molecule has 5 aromatic carbocycles. The van der Waals surface area contributed by atoms with Crippen molar-refractivity contribution in [2.24, 2.45) is 0 Å². The van der Waals surface area contributed by atoms with Gasteiger partial charge < -0.3 is 0 Å². The van der Waals surface area contributed by atoms with E-state index in [0.717, 1.165) is 27.1 Å². The number of methoxy groups -OCH3 is 2. The van der Waals surface area contributed by atoms with Crippen molar-refractivity contribution in [2.75, 3.05) is 34.0 Å². The average Bonchev–Trinajstić information content (AvgIpc) is 4.09. The molecule has 3 saturated heterocycles. The first-order chi connectivity index (χ1) is 37.4. The molecule has 78 heavy (non-hydrogen) atoms. The molecule has 10 rings (SSSR count). The van der Waals surface area contributed by atoms with E-state index in [4.69, 9.17) is 41.7 Å². The molecule has 1 spiro atoms. The number of ether oxygens (including phenoxy) is 5. The van der Waals surface area contributed by atoms with Gasteiger partial charge in [-0.1, -0.05) is 0 Å². The van der Waals surface area contributed by atoms with Crippen LogP contribution in [0.15, 0.2) is 171 Å². The first-order valence-corrected chi connectivity index (χ1v) is 31.4. The number of hydrogen-bond acceptors (Lipinski definition) is 13. The molecule has 5 atom stereocenters. The zero-order valence-electron chi connectivity index (χ0n) is 44.4. The Morgan fingerprint density at radius 3 is 1.59 bits per heavy atom. The Kier molecular flexibility index (Phi) is 15.8. The quantitative estimate of drug-likeness (QED) is 0.0578. The summed E-state index contributed by atoms with van der Waals surface area (Å²) in [6, 6.07) is 45.7. The summed E-state index contributed by atoms with van der Waals surface area (Å²) in [5.41, 5.74) is -1.76. The van der Waals surface area contributed by atoms with Crippen LogP contribution >= 0.6 is 6.19 Å². The van der Waals surface area contributed by atoms with E-state index in [1.165, 1.54) is 21.5 Å². The molecule has 20 heteroatoms. The number of aromatic amines is 2. The summed E-state index contributed by atoms with van der Waals surface area (Å²) in [6.45, 7) is 9.55. The van der Waals surface area contributed by atoms with Crippen molar-refractivity contribution in [1.29, 1.82) is 0 Å². The van der Waals surface area contributed by atoms with E-state index < -0.39 is 84.0 Å². The van der Waals surface area contributed by atoms with Crippen molar-refractivity contribution < 1.29 is 41.7 Å². The molecule has 7 aromatic rings. The van der Waals surface area contributed by atoms with Gasteiger partial charge in [-0.3, -0.25) is 0 Å². The maximum atomic E-state index is 13.6. The monoisotopic (exact) mass is 1160 g/mol. The molecule has 3 aliphatic heterocycles. The average molecular weight is 1160 g/mol. The number of hydrogen-bond donors (Lipinski definition) is 2. The number of benzene rings is 5. The molecule has 0 unspecified atom stereocenters. The fourth-order valence-corrected chi connectivity index (χ4v) is 18.6. The van der Waals surface area contributed by atoms with Gasteiger partial charge in [-0.25, -0.2) is 0 Å². The third-order valence-corrected chi connectivity index (χ3v) is 23.4. The van der Waals surface area contributed by atoms with Crippen molar-refractivity contribution in [3.05, 3.63) is 221 Å². The molecule has 3 fully saturated rings. The van der Waals surface area contributed by atoms with Crippen LogP contribution in [0.2, 0.25) is 5.04 Å². The Labute approximate surface area is 459 Å². The molecule has 2 N–H and O–H groups in total. The van der Waals surface area contributed by atoms with E-state index in [-0.39, 0.29) is 32.7 Å². The van der Waals surface area contributed by atoms with Crippen LogP contribution in [0.3, 0.4) is 0 Å². The summed E-state index contributed by atoms with van der Waals surface area (Å²) < 4.78 is 63.6. The minimum atomic E-state index is -3.45. The van der Waals surface area contributed by atoms with Crippen LogP contribution in [0.1, 0.15) is 73.9 Å². The molecule has 0 saturated carbocycles. The van der Waals surface area contributed by atoms with Crippen molar-refractivity contribution in [3.63, 3.8) is 0 Å². The minimum absolute atomic E-state index is 0.0817. The van der Waals surface area contributed by atoms with Crippen LogP contribution in [0.25, 0.3) is 0 Å². The van der Waals surface area contributed by atoms with Gasteiger partial charge in [0.05, 0.1) is 14.2 Å². The molecular weight excluding hydrogens is 1100 g/mol. The Bertz CT molecular complexity index is 3440. The van der Waals surface area contributed by atoms with Crippen LogP contribution in [-0.2, 0) is 37.8 Å². The van der Waals surface area contributed by atoms with Crippen molar-refractivity contribution in [1.82, 2.24) is 19.1 Å². The number of rotatable bonds is 16. The van der Waals surface area contributed by atoms with Gasteiger partial charge in [-0.05, 0) is 0 Å². The van der Waals surface area contributed by atoms with Gasteiger partial charge in [0.2, 0.25) is 0 Å². The van der Waals surface area contributed by atoms with Crippen molar-refractivity contribution in [2.45, 2.75) is 94.5 Å².